The molecular weight excluding hydrogens is 296 g/mol. The fourth-order valence-electron chi connectivity index (χ4n) is 3.16. The van der Waals surface area contributed by atoms with Crippen LogP contribution >= 0.6 is 0 Å². The van der Waals surface area contributed by atoms with E-state index in [4.69, 9.17) is 0 Å². The molecule has 0 N–H and O–H groups in total. The van der Waals surface area contributed by atoms with Gasteiger partial charge in [-0.2, -0.15) is 4.31 Å². The molecule has 0 unspecified atom stereocenters. The number of rotatable bonds is 4. The zero-order valence-electron chi connectivity index (χ0n) is 13.6. The van der Waals surface area contributed by atoms with E-state index < -0.39 is 10.0 Å². The van der Waals surface area contributed by atoms with Gasteiger partial charge in [0.05, 0.1) is 4.90 Å². The van der Waals surface area contributed by atoms with Crippen molar-refractivity contribution in [2.45, 2.75) is 38.0 Å². The topological polar surface area (TPSA) is 40.6 Å². The Bertz CT molecular complexity index is 638. The van der Waals surface area contributed by atoms with Crippen molar-refractivity contribution in [2.75, 3.05) is 32.7 Å². The lowest BCUT2D eigenvalue weighted by Gasteiger charge is -2.22. The lowest BCUT2D eigenvalue weighted by atomic mass is 10.2. The maximum absolute atomic E-state index is 13.0. The van der Waals surface area contributed by atoms with E-state index in [1.54, 1.807) is 10.4 Å². The average Bonchev–Trinajstić information content (AvgIpc) is 3.29. The number of aryl methyl sites for hydroxylation is 2. The Morgan fingerprint density at radius 2 is 1.86 bits per heavy atom. The molecule has 22 heavy (non-hydrogen) atoms. The van der Waals surface area contributed by atoms with Crippen LogP contribution in [-0.4, -0.2) is 50.3 Å². The summed E-state index contributed by atoms with van der Waals surface area (Å²) in [5.74, 6) is 0.863. The normalized spacial score (nSPS) is 21.7. The van der Waals surface area contributed by atoms with Gasteiger partial charge in [0.25, 0.3) is 0 Å². The van der Waals surface area contributed by atoms with Crippen LogP contribution in [0, 0.1) is 19.8 Å². The van der Waals surface area contributed by atoms with Gasteiger partial charge in [-0.3, -0.25) is 0 Å². The van der Waals surface area contributed by atoms with Gasteiger partial charge in [0.15, 0.2) is 0 Å². The molecule has 0 amide bonds. The van der Waals surface area contributed by atoms with E-state index in [0.717, 1.165) is 43.1 Å². The first-order chi connectivity index (χ1) is 10.5. The van der Waals surface area contributed by atoms with Crippen molar-refractivity contribution < 1.29 is 8.42 Å². The largest absolute Gasteiger partial charge is 0.302 e. The van der Waals surface area contributed by atoms with Gasteiger partial charge >= 0.3 is 0 Å². The number of benzene rings is 1. The van der Waals surface area contributed by atoms with Gasteiger partial charge in [-0.25, -0.2) is 8.42 Å². The first-order valence-electron chi connectivity index (χ1n) is 8.26. The Morgan fingerprint density at radius 3 is 2.59 bits per heavy atom. The maximum atomic E-state index is 13.0. The van der Waals surface area contributed by atoms with Gasteiger partial charge in [0, 0.05) is 26.2 Å². The molecule has 0 bridgehead atoms. The van der Waals surface area contributed by atoms with Crippen LogP contribution in [0.3, 0.4) is 0 Å². The minimum absolute atomic E-state index is 0.475. The standard InChI is InChI=1S/C17H26N2O2S/c1-14-4-5-15(2)17(12-14)22(20,21)19-9-3-8-18(10-11-19)13-16-6-7-16/h4-5,12,16H,3,6-11,13H2,1-2H3. The van der Waals surface area contributed by atoms with Crippen LogP contribution < -0.4 is 0 Å². The predicted octanol–water partition coefficient (Wildman–Crippen LogP) is 2.41. The van der Waals surface area contributed by atoms with Gasteiger partial charge in [-0.05, 0) is 62.8 Å². The number of nitrogens with zero attached hydrogens (tertiary/aromatic N) is 2. The molecule has 5 heteroatoms. The Hall–Kier alpha value is -0.910. The summed E-state index contributed by atoms with van der Waals surface area (Å²) in [6.45, 7) is 8.11. The van der Waals surface area contributed by atoms with Crippen LogP contribution in [0.25, 0.3) is 0 Å². The van der Waals surface area contributed by atoms with Crippen molar-refractivity contribution >= 4 is 10.0 Å². The Balaban J connectivity index is 1.75. The average molecular weight is 322 g/mol. The van der Waals surface area contributed by atoms with Crippen molar-refractivity contribution in [1.82, 2.24) is 9.21 Å². The highest BCUT2D eigenvalue weighted by Crippen LogP contribution is 2.30. The third kappa shape index (κ3) is 3.53. The first kappa shape index (κ1) is 16.0. The molecule has 0 atom stereocenters. The third-order valence-corrected chi connectivity index (χ3v) is 6.76. The summed E-state index contributed by atoms with van der Waals surface area (Å²) in [5.41, 5.74) is 1.83. The van der Waals surface area contributed by atoms with Gasteiger partial charge in [-0.15, -0.1) is 0 Å². The van der Waals surface area contributed by atoms with Gasteiger partial charge < -0.3 is 4.90 Å². The molecule has 1 saturated carbocycles. The van der Waals surface area contributed by atoms with Crippen molar-refractivity contribution in [3.8, 4) is 0 Å². The van der Waals surface area contributed by atoms with Crippen molar-refractivity contribution in [1.29, 1.82) is 0 Å². The number of hydrogen-bond donors (Lipinski definition) is 0. The molecule has 1 aliphatic heterocycles. The molecule has 122 valence electrons. The van der Waals surface area contributed by atoms with Crippen LogP contribution in [0.15, 0.2) is 23.1 Å². The molecule has 2 fully saturated rings. The molecule has 2 aliphatic rings. The lowest BCUT2D eigenvalue weighted by molar-refractivity contribution is 0.275. The third-order valence-electron chi connectivity index (χ3n) is 4.72. The van der Waals surface area contributed by atoms with E-state index in [1.807, 2.05) is 26.0 Å². The molecule has 3 rings (SSSR count). The highest BCUT2D eigenvalue weighted by Gasteiger charge is 2.30. The molecule has 1 aromatic carbocycles. The minimum atomic E-state index is -3.37. The second kappa shape index (κ2) is 6.30. The van der Waals surface area contributed by atoms with E-state index in [1.165, 1.54) is 12.8 Å². The van der Waals surface area contributed by atoms with E-state index in [2.05, 4.69) is 4.90 Å². The monoisotopic (exact) mass is 322 g/mol. The summed E-state index contributed by atoms with van der Waals surface area (Å²) < 4.78 is 27.6. The van der Waals surface area contributed by atoms with Crippen molar-refractivity contribution in [2.24, 2.45) is 5.92 Å². The molecule has 4 nitrogen and oxygen atoms in total. The van der Waals surface area contributed by atoms with Crippen molar-refractivity contribution in [3.05, 3.63) is 29.3 Å². The summed E-state index contributed by atoms with van der Waals surface area (Å²) in [4.78, 5) is 2.92. The Kier molecular flexibility index (Phi) is 4.57. The van der Waals surface area contributed by atoms with Crippen LogP contribution in [0.1, 0.15) is 30.4 Å². The van der Waals surface area contributed by atoms with Gasteiger partial charge in [0.2, 0.25) is 10.0 Å². The van der Waals surface area contributed by atoms with Crippen molar-refractivity contribution in [3.63, 3.8) is 0 Å². The lowest BCUT2D eigenvalue weighted by Crippen LogP contribution is -2.36. The first-order valence-corrected chi connectivity index (χ1v) is 9.70. The molecule has 1 saturated heterocycles. The fourth-order valence-corrected chi connectivity index (χ4v) is 4.94. The highest BCUT2D eigenvalue weighted by molar-refractivity contribution is 7.89. The predicted molar refractivity (Wildman–Crippen MR) is 88.5 cm³/mol. The number of hydrogen-bond acceptors (Lipinski definition) is 3. The van der Waals surface area contributed by atoms with E-state index >= 15 is 0 Å². The summed E-state index contributed by atoms with van der Waals surface area (Å²) in [6, 6.07) is 5.67. The Labute approximate surface area is 134 Å². The second-order valence-corrected chi connectivity index (χ2v) is 8.68. The van der Waals surface area contributed by atoms with Crippen LogP contribution in [0.5, 0.6) is 0 Å². The molecule has 1 aromatic rings. The maximum Gasteiger partial charge on any atom is 0.243 e. The zero-order valence-corrected chi connectivity index (χ0v) is 14.4. The Morgan fingerprint density at radius 1 is 1.09 bits per heavy atom. The van der Waals surface area contributed by atoms with E-state index in [0.29, 0.717) is 18.0 Å². The minimum Gasteiger partial charge on any atom is -0.302 e. The molecule has 0 spiro atoms. The molecule has 0 aromatic heterocycles. The molecular formula is C17H26N2O2S. The van der Waals surface area contributed by atoms with Crippen LogP contribution in [0.2, 0.25) is 0 Å². The highest BCUT2D eigenvalue weighted by atomic mass is 32.2. The second-order valence-electron chi connectivity index (χ2n) is 6.77. The van der Waals surface area contributed by atoms with Gasteiger partial charge in [-0.1, -0.05) is 12.1 Å². The van der Waals surface area contributed by atoms with Crippen LogP contribution in [-0.2, 0) is 10.0 Å². The quantitative estimate of drug-likeness (QED) is 0.855. The summed E-state index contributed by atoms with van der Waals surface area (Å²) in [7, 11) is -3.37. The zero-order chi connectivity index (χ0) is 15.7. The van der Waals surface area contributed by atoms with E-state index in [-0.39, 0.29) is 0 Å². The molecule has 1 heterocycles. The summed E-state index contributed by atoms with van der Waals surface area (Å²) >= 11 is 0. The fraction of sp³-hybridized carbons (Fsp3) is 0.647. The number of sulfonamides is 1. The molecule has 1 aliphatic carbocycles. The smallest absolute Gasteiger partial charge is 0.243 e. The molecule has 0 radical (unpaired) electrons. The van der Waals surface area contributed by atoms with E-state index in [9.17, 15) is 8.42 Å². The summed E-state index contributed by atoms with van der Waals surface area (Å²) in [5, 5.41) is 0. The van der Waals surface area contributed by atoms with Gasteiger partial charge in [0.1, 0.15) is 0 Å². The van der Waals surface area contributed by atoms with Crippen LogP contribution in [0.4, 0.5) is 0 Å². The SMILES string of the molecule is Cc1ccc(C)c(S(=O)(=O)N2CCCN(CC3CC3)CC2)c1. The summed E-state index contributed by atoms with van der Waals surface area (Å²) in [6.07, 6.45) is 3.62.